The van der Waals surface area contributed by atoms with Crippen LogP contribution in [0, 0.1) is 0 Å². The van der Waals surface area contributed by atoms with Gasteiger partial charge < -0.3 is 39.5 Å². The highest BCUT2D eigenvalue weighted by Crippen LogP contribution is 2.19. The van der Waals surface area contributed by atoms with Crippen LogP contribution >= 0.6 is 0 Å². The molecule has 15 heteroatoms. The van der Waals surface area contributed by atoms with E-state index in [-0.39, 0.29) is 70.5 Å². The van der Waals surface area contributed by atoms with Crippen molar-refractivity contribution in [1.29, 1.82) is 0 Å². The number of hydrogen-bond acceptors (Lipinski definition) is 10. The summed E-state index contributed by atoms with van der Waals surface area (Å²) >= 11 is 0. The molecule has 0 saturated carbocycles. The number of pyridine rings is 1. The van der Waals surface area contributed by atoms with E-state index in [9.17, 15) is 24.0 Å². The van der Waals surface area contributed by atoms with E-state index in [1.54, 1.807) is 20.2 Å². The van der Waals surface area contributed by atoms with Gasteiger partial charge in [0.1, 0.15) is 18.0 Å². The standard InChI is InChI=1S/C29H45N7O8/c1-21(20-37)35(4)26(39)10-14-43-16-17-44-15-12-32-29(42)24(7-8-27(40)41)33-25(38)9-13-36-23(19-34(3)30-2)18-22-6-5-11-31-28(22)36/h5-6,11,18,20-21,24,30H,7-10,12-17,19H2,1-4H3,(H,32,42)(H,33,38)(H,40,41). The molecule has 2 heterocycles. The van der Waals surface area contributed by atoms with Crippen molar-refractivity contribution < 1.29 is 38.6 Å². The lowest BCUT2D eigenvalue weighted by Gasteiger charge is -2.20. The predicted octanol–water partition coefficient (Wildman–Crippen LogP) is -0.0725. The number of carboxylic acids is 1. The Kier molecular flexibility index (Phi) is 16.0. The number of aryl methyl sites for hydroxylation is 1. The van der Waals surface area contributed by atoms with E-state index in [0.29, 0.717) is 19.4 Å². The third-order valence-electron chi connectivity index (χ3n) is 6.96. The van der Waals surface area contributed by atoms with Gasteiger partial charge in [-0.15, -0.1) is 0 Å². The summed E-state index contributed by atoms with van der Waals surface area (Å²) in [6.45, 7) is 3.51. The lowest BCUT2D eigenvalue weighted by molar-refractivity contribution is -0.138. The molecule has 0 saturated heterocycles. The van der Waals surface area contributed by atoms with Gasteiger partial charge in [0.25, 0.3) is 0 Å². The summed E-state index contributed by atoms with van der Waals surface area (Å²) in [5, 5.41) is 17.3. The second-order valence-electron chi connectivity index (χ2n) is 10.2. The molecule has 0 radical (unpaired) electrons. The van der Waals surface area contributed by atoms with Crippen molar-refractivity contribution in [2.45, 2.75) is 57.8 Å². The molecule has 0 spiro atoms. The van der Waals surface area contributed by atoms with Crippen molar-refractivity contribution in [2.75, 3.05) is 54.1 Å². The van der Waals surface area contributed by atoms with E-state index in [1.165, 1.54) is 4.90 Å². The Morgan fingerprint density at radius 3 is 2.50 bits per heavy atom. The van der Waals surface area contributed by atoms with E-state index in [2.05, 4.69) is 21.0 Å². The summed E-state index contributed by atoms with van der Waals surface area (Å²) in [7, 11) is 5.27. The number of likely N-dealkylation sites (N-methyl/N-ethyl adjacent to an activating group) is 1. The van der Waals surface area contributed by atoms with Gasteiger partial charge in [0.15, 0.2) is 0 Å². The molecule has 0 aromatic carbocycles. The topological polar surface area (TPSA) is 184 Å². The normalized spacial score (nSPS) is 12.6. The van der Waals surface area contributed by atoms with Crippen molar-refractivity contribution >= 4 is 41.0 Å². The second-order valence-corrected chi connectivity index (χ2v) is 10.2. The molecule has 2 unspecified atom stereocenters. The van der Waals surface area contributed by atoms with E-state index in [4.69, 9.17) is 14.6 Å². The molecule has 2 atom stereocenters. The minimum atomic E-state index is -1.07. The largest absolute Gasteiger partial charge is 0.481 e. The van der Waals surface area contributed by atoms with Crippen LogP contribution in [0.5, 0.6) is 0 Å². The number of aromatic nitrogens is 2. The van der Waals surface area contributed by atoms with Crippen LogP contribution in [-0.4, -0.2) is 121 Å². The molecule has 15 nitrogen and oxygen atoms in total. The molecule has 44 heavy (non-hydrogen) atoms. The monoisotopic (exact) mass is 619 g/mol. The van der Waals surface area contributed by atoms with Gasteiger partial charge in [-0.1, -0.05) is 0 Å². The van der Waals surface area contributed by atoms with Gasteiger partial charge in [-0.3, -0.25) is 24.6 Å². The zero-order valence-corrected chi connectivity index (χ0v) is 25.9. The molecule has 2 aromatic heterocycles. The minimum Gasteiger partial charge on any atom is -0.481 e. The fourth-order valence-electron chi connectivity index (χ4n) is 4.21. The molecular formula is C29H45N7O8. The number of hydrogen-bond donors (Lipinski definition) is 4. The molecule has 0 aliphatic carbocycles. The Bertz CT molecular complexity index is 1240. The Morgan fingerprint density at radius 2 is 1.82 bits per heavy atom. The summed E-state index contributed by atoms with van der Waals surface area (Å²) in [5.74, 6) is -2.17. The van der Waals surface area contributed by atoms with Crippen molar-refractivity contribution in [2.24, 2.45) is 0 Å². The zero-order chi connectivity index (χ0) is 32.5. The second kappa shape index (κ2) is 19.4. The number of rotatable bonds is 22. The number of carbonyl (C=O) groups is 5. The Hall–Kier alpha value is -3.92. The molecule has 244 valence electrons. The summed E-state index contributed by atoms with van der Waals surface area (Å²) in [6, 6.07) is 4.30. The molecule has 2 rings (SSSR count). The lowest BCUT2D eigenvalue weighted by atomic mass is 10.1. The SMILES string of the molecule is CNN(C)Cc1cc2cccnc2n1CCC(=O)NC(CCC(=O)O)C(=O)NCCOCCOCCC(=O)N(C)C(C)C=O. The Labute approximate surface area is 257 Å². The number of nitrogens with zero attached hydrogens (tertiary/aromatic N) is 4. The lowest BCUT2D eigenvalue weighted by Crippen LogP contribution is -2.47. The molecule has 0 aliphatic rings. The zero-order valence-electron chi connectivity index (χ0n) is 25.9. The number of aliphatic carboxylic acids is 1. The summed E-state index contributed by atoms with van der Waals surface area (Å²) < 4.78 is 12.8. The number of ether oxygens (including phenoxy) is 2. The first-order chi connectivity index (χ1) is 21.1. The van der Waals surface area contributed by atoms with Crippen LogP contribution in [0.2, 0.25) is 0 Å². The number of nitrogens with one attached hydrogen (secondary N) is 3. The highest BCUT2D eigenvalue weighted by Gasteiger charge is 2.22. The fraction of sp³-hybridized carbons (Fsp3) is 0.586. The van der Waals surface area contributed by atoms with Crippen molar-refractivity contribution in [3.05, 3.63) is 30.1 Å². The third kappa shape index (κ3) is 12.4. The molecule has 2 aromatic rings. The van der Waals surface area contributed by atoms with Crippen molar-refractivity contribution in [3.8, 4) is 0 Å². The van der Waals surface area contributed by atoms with Crippen LogP contribution in [0.1, 0.15) is 38.3 Å². The Morgan fingerprint density at radius 1 is 1.09 bits per heavy atom. The van der Waals surface area contributed by atoms with Crippen LogP contribution in [0.25, 0.3) is 11.0 Å². The Balaban J connectivity index is 1.78. The van der Waals surface area contributed by atoms with E-state index < -0.39 is 24.0 Å². The van der Waals surface area contributed by atoms with Gasteiger partial charge in [0.05, 0.1) is 45.4 Å². The van der Waals surface area contributed by atoms with E-state index in [0.717, 1.165) is 16.7 Å². The highest BCUT2D eigenvalue weighted by atomic mass is 16.5. The number of fused-ring (bicyclic) bond motifs is 1. The van der Waals surface area contributed by atoms with E-state index >= 15 is 0 Å². The van der Waals surface area contributed by atoms with Gasteiger partial charge in [-0.05, 0) is 38.6 Å². The highest BCUT2D eigenvalue weighted by molar-refractivity contribution is 5.88. The number of amides is 3. The minimum absolute atomic E-state index is 0.0621. The number of hydrazine groups is 1. The van der Waals surface area contributed by atoms with Crippen LogP contribution < -0.4 is 16.1 Å². The number of carboxylic acid groups (broad SMARTS) is 1. The van der Waals surface area contributed by atoms with Crippen LogP contribution in [0.4, 0.5) is 0 Å². The smallest absolute Gasteiger partial charge is 0.303 e. The van der Waals surface area contributed by atoms with Gasteiger partial charge >= 0.3 is 5.97 Å². The molecule has 0 aliphatic heterocycles. The molecular weight excluding hydrogens is 574 g/mol. The average molecular weight is 620 g/mol. The van der Waals surface area contributed by atoms with Gasteiger partial charge in [-0.25, -0.2) is 9.99 Å². The van der Waals surface area contributed by atoms with Gasteiger partial charge in [0, 0.05) is 57.3 Å². The first-order valence-electron chi connectivity index (χ1n) is 14.5. The predicted molar refractivity (Wildman–Crippen MR) is 161 cm³/mol. The third-order valence-corrected chi connectivity index (χ3v) is 6.96. The summed E-state index contributed by atoms with van der Waals surface area (Å²) in [4.78, 5) is 65.3. The first kappa shape index (κ1) is 36.3. The fourth-order valence-corrected chi connectivity index (χ4v) is 4.21. The maximum atomic E-state index is 12.9. The van der Waals surface area contributed by atoms with Crippen LogP contribution in [0.15, 0.2) is 24.4 Å². The van der Waals surface area contributed by atoms with Gasteiger partial charge in [0.2, 0.25) is 17.7 Å². The number of carbonyl (C=O) groups excluding carboxylic acids is 4. The molecule has 3 amide bonds. The van der Waals surface area contributed by atoms with Crippen LogP contribution in [-0.2, 0) is 46.5 Å². The van der Waals surface area contributed by atoms with Crippen molar-refractivity contribution in [1.82, 2.24) is 35.5 Å². The van der Waals surface area contributed by atoms with Gasteiger partial charge in [-0.2, -0.15) is 0 Å². The van der Waals surface area contributed by atoms with Crippen LogP contribution in [0.3, 0.4) is 0 Å². The summed E-state index contributed by atoms with van der Waals surface area (Å²) in [6.07, 6.45) is 2.24. The molecule has 0 fully saturated rings. The maximum Gasteiger partial charge on any atom is 0.303 e. The quantitative estimate of drug-likeness (QED) is 0.0786. The van der Waals surface area contributed by atoms with E-state index in [1.807, 2.05) is 41.9 Å². The average Bonchev–Trinajstić information content (AvgIpc) is 3.36. The summed E-state index contributed by atoms with van der Waals surface area (Å²) in [5.41, 5.74) is 4.75. The number of aldehydes is 1. The molecule has 4 N–H and O–H groups in total. The van der Waals surface area contributed by atoms with Crippen molar-refractivity contribution in [3.63, 3.8) is 0 Å². The molecule has 0 bridgehead atoms. The first-order valence-corrected chi connectivity index (χ1v) is 14.5. The maximum absolute atomic E-state index is 12.9.